The van der Waals surface area contributed by atoms with Gasteiger partial charge >= 0.3 is 5.97 Å². The Hall–Kier alpha value is -1.69. The maximum atomic E-state index is 11.4. The first-order valence-electron chi connectivity index (χ1n) is 7.05. The van der Waals surface area contributed by atoms with Gasteiger partial charge in [0, 0.05) is 5.92 Å². The van der Waals surface area contributed by atoms with Crippen molar-refractivity contribution in [2.24, 2.45) is 5.41 Å². The Labute approximate surface area is 125 Å². The summed E-state index contributed by atoms with van der Waals surface area (Å²) in [5.41, 5.74) is -0.0656. The molecule has 1 atom stereocenters. The van der Waals surface area contributed by atoms with Crippen LogP contribution in [0.4, 0.5) is 0 Å². The molecule has 0 saturated carbocycles. The highest BCUT2D eigenvalue weighted by atomic mass is 16.5. The highest BCUT2D eigenvalue weighted by Gasteiger charge is 2.23. The number of nitrogens with zero attached hydrogens (tertiary/aromatic N) is 3. The lowest BCUT2D eigenvalue weighted by atomic mass is 9.95. The molecule has 0 aliphatic heterocycles. The second-order valence-electron chi connectivity index (χ2n) is 6.62. The molecule has 0 amide bonds. The van der Waals surface area contributed by atoms with Crippen molar-refractivity contribution in [2.45, 2.75) is 53.1 Å². The molecule has 1 rings (SSSR count). The van der Waals surface area contributed by atoms with Crippen LogP contribution in [0.5, 0.6) is 0 Å². The van der Waals surface area contributed by atoms with Gasteiger partial charge in [-0.15, -0.1) is 0 Å². The Bertz CT molecular complexity index is 501. The first-order valence-corrected chi connectivity index (χ1v) is 7.05. The minimum Gasteiger partial charge on any atom is -0.480 e. The maximum absolute atomic E-state index is 11.4. The van der Waals surface area contributed by atoms with Crippen LogP contribution in [0.1, 0.15) is 52.3 Å². The van der Waals surface area contributed by atoms with E-state index in [0.29, 0.717) is 18.3 Å². The summed E-state index contributed by atoms with van der Waals surface area (Å²) in [5.74, 6) is 0.345. The largest absolute Gasteiger partial charge is 0.480 e. The second-order valence-corrected chi connectivity index (χ2v) is 6.62. The van der Waals surface area contributed by atoms with E-state index < -0.39 is 12.0 Å². The molecule has 6 nitrogen and oxygen atoms in total. The van der Waals surface area contributed by atoms with Gasteiger partial charge in [0.05, 0.1) is 6.54 Å². The van der Waals surface area contributed by atoms with E-state index in [1.165, 1.54) is 0 Å². The molecule has 1 heterocycles. The molecule has 118 valence electrons. The van der Waals surface area contributed by atoms with E-state index in [9.17, 15) is 9.90 Å². The number of rotatable bonds is 6. The van der Waals surface area contributed by atoms with Crippen molar-refractivity contribution in [3.05, 3.63) is 23.9 Å². The third-order valence-corrected chi connectivity index (χ3v) is 2.89. The zero-order valence-corrected chi connectivity index (χ0v) is 13.6. The van der Waals surface area contributed by atoms with Crippen molar-refractivity contribution in [3.63, 3.8) is 0 Å². The van der Waals surface area contributed by atoms with Crippen LogP contribution in [0.25, 0.3) is 0 Å². The van der Waals surface area contributed by atoms with E-state index in [1.54, 1.807) is 18.0 Å². The first kappa shape index (κ1) is 17.4. The monoisotopic (exact) mass is 295 g/mol. The van der Waals surface area contributed by atoms with Gasteiger partial charge in [0.2, 0.25) is 5.89 Å². The summed E-state index contributed by atoms with van der Waals surface area (Å²) < 4.78 is 5.15. The molecular weight excluding hydrogens is 270 g/mol. The predicted octanol–water partition coefficient (Wildman–Crippen LogP) is 2.68. The molecule has 1 aromatic heterocycles. The third-order valence-electron chi connectivity index (χ3n) is 2.89. The molecule has 0 fully saturated rings. The number of hydrogen-bond donors (Lipinski definition) is 1. The number of allylic oxidation sites excluding steroid dienone is 1. The molecular formula is C15H25N3O3. The zero-order chi connectivity index (χ0) is 16.2. The van der Waals surface area contributed by atoms with Crippen LogP contribution in [0, 0.1) is 5.41 Å². The van der Waals surface area contributed by atoms with Gasteiger partial charge in [-0.05, 0) is 12.5 Å². The number of carboxylic acids is 1. The highest BCUT2D eigenvalue weighted by Crippen LogP contribution is 2.17. The summed E-state index contributed by atoms with van der Waals surface area (Å²) in [4.78, 5) is 17.3. The van der Waals surface area contributed by atoms with Crippen molar-refractivity contribution in [2.75, 3.05) is 7.05 Å². The van der Waals surface area contributed by atoms with E-state index >= 15 is 0 Å². The Morgan fingerprint density at radius 1 is 1.43 bits per heavy atom. The fourth-order valence-electron chi connectivity index (χ4n) is 1.68. The van der Waals surface area contributed by atoms with Gasteiger partial charge in [0.15, 0.2) is 5.82 Å². The average molecular weight is 295 g/mol. The predicted molar refractivity (Wildman–Crippen MR) is 79.9 cm³/mol. The van der Waals surface area contributed by atoms with Gasteiger partial charge in [-0.2, -0.15) is 4.98 Å². The molecule has 0 aliphatic rings. The summed E-state index contributed by atoms with van der Waals surface area (Å²) >= 11 is 0. The maximum Gasteiger partial charge on any atom is 0.324 e. The Morgan fingerprint density at radius 3 is 2.48 bits per heavy atom. The lowest BCUT2D eigenvalue weighted by Crippen LogP contribution is -2.36. The number of likely N-dealkylation sites (N-methyl/N-ethyl adjacent to an activating group) is 1. The molecule has 1 aromatic rings. The minimum atomic E-state index is -0.901. The summed E-state index contributed by atoms with van der Waals surface area (Å²) in [5, 5.41) is 13.2. The first-order chi connectivity index (χ1) is 9.60. The number of hydrogen-bond acceptors (Lipinski definition) is 5. The minimum absolute atomic E-state index is 0.0656. The molecule has 0 saturated heterocycles. The molecule has 0 spiro atoms. The van der Waals surface area contributed by atoms with Gasteiger partial charge in [-0.25, -0.2) is 0 Å². The smallest absolute Gasteiger partial charge is 0.324 e. The van der Waals surface area contributed by atoms with E-state index in [4.69, 9.17) is 4.52 Å². The van der Waals surface area contributed by atoms with Crippen LogP contribution in [0.15, 0.2) is 16.7 Å². The summed E-state index contributed by atoms with van der Waals surface area (Å²) in [7, 11) is 1.73. The van der Waals surface area contributed by atoms with Crippen molar-refractivity contribution in [1.29, 1.82) is 0 Å². The third kappa shape index (κ3) is 5.67. The number of aliphatic carboxylic acids is 1. The van der Waals surface area contributed by atoms with Gasteiger partial charge in [0.1, 0.15) is 6.04 Å². The van der Waals surface area contributed by atoms with Gasteiger partial charge in [-0.1, -0.05) is 51.9 Å². The van der Waals surface area contributed by atoms with E-state index in [-0.39, 0.29) is 11.3 Å². The lowest BCUT2D eigenvalue weighted by molar-refractivity contribution is -0.141. The van der Waals surface area contributed by atoms with E-state index in [1.807, 2.05) is 40.7 Å². The molecule has 6 heteroatoms. The van der Waals surface area contributed by atoms with Gasteiger partial charge in [0.25, 0.3) is 0 Å². The summed E-state index contributed by atoms with van der Waals surface area (Å²) in [6.45, 7) is 10.3. The van der Waals surface area contributed by atoms with Gasteiger partial charge < -0.3 is 9.63 Å². The zero-order valence-electron chi connectivity index (χ0n) is 13.6. The summed E-state index contributed by atoms with van der Waals surface area (Å²) in [6.07, 6.45) is 3.59. The Balaban J connectivity index is 2.79. The van der Waals surface area contributed by atoms with Crippen LogP contribution in [-0.2, 0) is 11.3 Å². The SMILES string of the molecule is CC(C)c1noc(CN(C)C(/C=C/C(C)(C)C)C(=O)O)n1. The van der Waals surface area contributed by atoms with Crippen molar-refractivity contribution in [3.8, 4) is 0 Å². The summed E-state index contributed by atoms with van der Waals surface area (Å²) in [6, 6.07) is -0.723. The Kier molecular flexibility index (Phi) is 5.66. The topological polar surface area (TPSA) is 79.5 Å². The van der Waals surface area contributed by atoms with Crippen LogP contribution < -0.4 is 0 Å². The molecule has 21 heavy (non-hydrogen) atoms. The Morgan fingerprint density at radius 2 is 2.05 bits per heavy atom. The van der Waals surface area contributed by atoms with Crippen molar-refractivity contribution >= 4 is 5.97 Å². The second kappa shape index (κ2) is 6.85. The quantitative estimate of drug-likeness (QED) is 0.813. The number of carbonyl (C=O) groups is 1. The lowest BCUT2D eigenvalue weighted by Gasteiger charge is -2.21. The molecule has 1 N–H and O–H groups in total. The fraction of sp³-hybridized carbons (Fsp3) is 0.667. The molecule has 0 bridgehead atoms. The van der Waals surface area contributed by atoms with Crippen molar-refractivity contribution in [1.82, 2.24) is 15.0 Å². The number of carboxylic acid groups (broad SMARTS) is 1. The molecule has 0 aliphatic carbocycles. The van der Waals surface area contributed by atoms with Gasteiger partial charge in [-0.3, -0.25) is 9.69 Å². The van der Waals surface area contributed by atoms with Crippen LogP contribution in [0.3, 0.4) is 0 Å². The molecule has 0 aromatic carbocycles. The number of aromatic nitrogens is 2. The average Bonchev–Trinajstić information content (AvgIpc) is 2.75. The van der Waals surface area contributed by atoms with Crippen LogP contribution >= 0.6 is 0 Å². The van der Waals surface area contributed by atoms with Crippen LogP contribution in [-0.4, -0.2) is 39.2 Å². The normalized spacial score (nSPS) is 14.3. The van der Waals surface area contributed by atoms with Crippen molar-refractivity contribution < 1.29 is 14.4 Å². The van der Waals surface area contributed by atoms with Crippen LogP contribution in [0.2, 0.25) is 0 Å². The molecule has 0 radical (unpaired) electrons. The van der Waals surface area contributed by atoms with E-state index in [2.05, 4.69) is 10.1 Å². The fourth-order valence-corrected chi connectivity index (χ4v) is 1.68. The highest BCUT2D eigenvalue weighted by molar-refractivity contribution is 5.75. The standard InChI is InChI=1S/C15H25N3O3/c1-10(2)13-16-12(21-17-13)9-18(6)11(14(19)20)7-8-15(3,4)5/h7-8,10-11H,9H2,1-6H3,(H,19,20)/b8-7+. The molecule has 1 unspecified atom stereocenters. The van der Waals surface area contributed by atoms with E-state index in [0.717, 1.165) is 0 Å².